The van der Waals surface area contributed by atoms with Crippen LogP contribution >= 0.6 is 11.3 Å². The van der Waals surface area contributed by atoms with E-state index in [1.807, 2.05) is 30.7 Å². The summed E-state index contributed by atoms with van der Waals surface area (Å²) < 4.78 is 20.4. The fraction of sp³-hybridized carbons (Fsp3) is 0.286. The summed E-state index contributed by atoms with van der Waals surface area (Å²) in [4.78, 5) is 21.0. The average molecular weight is 397 g/mol. The molecule has 2 aromatic heterocycles. The molecule has 1 amide bonds. The van der Waals surface area contributed by atoms with Gasteiger partial charge in [-0.05, 0) is 48.4 Å². The SMILES string of the molecule is Cc1cnc(C)c(-c2ccc(F)c3c2O[C@@H](CNC(=O)Cc2ccsc2)C3)n1. The fourth-order valence-corrected chi connectivity index (χ4v) is 3.99. The van der Waals surface area contributed by atoms with Gasteiger partial charge in [0.2, 0.25) is 5.91 Å². The van der Waals surface area contributed by atoms with E-state index in [1.165, 1.54) is 6.07 Å². The quantitative estimate of drug-likeness (QED) is 0.714. The summed E-state index contributed by atoms with van der Waals surface area (Å²) >= 11 is 1.56. The summed E-state index contributed by atoms with van der Waals surface area (Å²) in [5.41, 5.74) is 4.48. The van der Waals surface area contributed by atoms with Crippen LogP contribution in [0, 0.1) is 19.7 Å². The van der Waals surface area contributed by atoms with Crippen molar-refractivity contribution in [3.63, 3.8) is 0 Å². The number of carbonyl (C=O) groups excluding carboxylic acids is 1. The van der Waals surface area contributed by atoms with Crippen LogP contribution in [0.4, 0.5) is 4.39 Å². The van der Waals surface area contributed by atoms with Gasteiger partial charge in [0.05, 0.1) is 30.0 Å². The van der Waals surface area contributed by atoms with Crippen LogP contribution in [0.5, 0.6) is 5.75 Å². The number of halogens is 1. The second-order valence-corrected chi connectivity index (χ2v) is 7.68. The number of nitrogens with zero attached hydrogens (tertiary/aromatic N) is 2. The van der Waals surface area contributed by atoms with E-state index >= 15 is 0 Å². The van der Waals surface area contributed by atoms with E-state index in [4.69, 9.17) is 4.74 Å². The first kappa shape index (κ1) is 18.6. The molecule has 0 aliphatic carbocycles. The number of thiophene rings is 1. The molecule has 0 saturated heterocycles. The molecule has 0 saturated carbocycles. The molecule has 0 radical (unpaired) electrons. The molecule has 5 nitrogen and oxygen atoms in total. The van der Waals surface area contributed by atoms with Crippen molar-refractivity contribution in [3.8, 4) is 17.0 Å². The summed E-state index contributed by atoms with van der Waals surface area (Å²) in [6, 6.07) is 5.06. The predicted molar refractivity (Wildman–Crippen MR) is 106 cm³/mol. The molecule has 1 aliphatic rings. The maximum Gasteiger partial charge on any atom is 0.224 e. The summed E-state index contributed by atoms with van der Waals surface area (Å²) in [7, 11) is 0. The second kappa shape index (κ2) is 7.67. The van der Waals surface area contributed by atoms with Crippen molar-refractivity contribution in [1.29, 1.82) is 0 Å². The highest BCUT2D eigenvalue weighted by Gasteiger charge is 2.30. The molecule has 144 valence electrons. The lowest BCUT2D eigenvalue weighted by atomic mass is 10.0. The molecule has 1 aliphatic heterocycles. The van der Waals surface area contributed by atoms with Gasteiger partial charge in [0.1, 0.15) is 17.7 Å². The van der Waals surface area contributed by atoms with Gasteiger partial charge in [0, 0.05) is 23.7 Å². The number of hydrogen-bond acceptors (Lipinski definition) is 5. The first-order valence-corrected chi connectivity index (χ1v) is 10.0. The van der Waals surface area contributed by atoms with Crippen LogP contribution in [0.15, 0.2) is 35.2 Å². The van der Waals surface area contributed by atoms with E-state index in [9.17, 15) is 9.18 Å². The van der Waals surface area contributed by atoms with Crippen LogP contribution < -0.4 is 10.1 Å². The van der Waals surface area contributed by atoms with Gasteiger partial charge in [-0.2, -0.15) is 11.3 Å². The van der Waals surface area contributed by atoms with Crippen molar-refractivity contribution >= 4 is 17.2 Å². The minimum Gasteiger partial charge on any atom is -0.487 e. The molecule has 3 aromatic rings. The maximum atomic E-state index is 14.4. The normalized spacial score (nSPS) is 15.2. The lowest BCUT2D eigenvalue weighted by Crippen LogP contribution is -2.35. The first-order valence-electron chi connectivity index (χ1n) is 9.07. The van der Waals surface area contributed by atoms with Crippen LogP contribution in [0.3, 0.4) is 0 Å². The number of carbonyl (C=O) groups is 1. The third-order valence-electron chi connectivity index (χ3n) is 4.72. The minimum atomic E-state index is -0.310. The number of amides is 1. The first-order chi connectivity index (χ1) is 13.5. The summed E-state index contributed by atoms with van der Waals surface area (Å²) in [5, 5.41) is 6.78. The number of rotatable bonds is 5. The summed E-state index contributed by atoms with van der Waals surface area (Å²) in [5.74, 6) is 0.128. The van der Waals surface area contributed by atoms with Crippen molar-refractivity contribution in [3.05, 3.63) is 63.5 Å². The van der Waals surface area contributed by atoms with E-state index < -0.39 is 0 Å². The van der Waals surface area contributed by atoms with Gasteiger partial charge in [0.25, 0.3) is 0 Å². The van der Waals surface area contributed by atoms with Gasteiger partial charge >= 0.3 is 0 Å². The molecule has 1 atom stereocenters. The molecule has 1 aromatic carbocycles. The van der Waals surface area contributed by atoms with Gasteiger partial charge in [0.15, 0.2) is 0 Å². The summed E-state index contributed by atoms with van der Waals surface area (Å²) in [6.45, 7) is 4.07. The number of ether oxygens (including phenoxy) is 1. The van der Waals surface area contributed by atoms with Crippen molar-refractivity contribution < 1.29 is 13.9 Å². The Bertz CT molecular complexity index is 1020. The molecule has 0 unspecified atom stereocenters. The minimum absolute atomic E-state index is 0.0703. The Hall–Kier alpha value is -2.80. The standard InChI is InChI=1S/C21H20FN3O2S/c1-12-9-23-13(2)20(25-12)16-3-4-18(22)17-8-15(27-21(16)17)10-24-19(26)7-14-5-6-28-11-14/h3-6,9,11,15H,7-8,10H2,1-2H3,(H,24,26)/t15-/m1/s1. The molecule has 0 bridgehead atoms. The fourth-order valence-electron chi connectivity index (χ4n) is 3.33. The molecule has 0 spiro atoms. The number of hydrogen-bond donors (Lipinski definition) is 1. The van der Waals surface area contributed by atoms with Crippen LogP contribution in [0.2, 0.25) is 0 Å². The Balaban J connectivity index is 1.50. The topological polar surface area (TPSA) is 64.1 Å². The third kappa shape index (κ3) is 3.75. The van der Waals surface area contributed by atoms with Crippen molar-refractivity contribution in [2.24, 2.45) is 0 Å². The molecular formula is C21H20FN3O2S. The van der Waals surface area contributed by atoms with Gasteiger partial charge in [-0.25, -0.2) is 9.37 Å². The smallest absolute Gasteiger partial charge is 0.224 e. The number of aryl methyl sites for hydroxylation is 2. The Kier molecular flexibility index (Phi) is 5.09. The Morgan fingerprint density at radius 1 is 1.36 bits per heavy atom. The van der Waals surface area contributed by atoms with E-state index in [0.717, 1.165) is 22.5 Å². The lowest BCUT2D eigenvalue weighted by Gasteiger charge is -2.14. The molecule has 3 heterocycles. The van der Waals surface area contributed by atoms with Gasteiger partial charge in [-0.15, -0.1) is 0 Å². The Labute approximate surface area is 166 Å². The van der Waals surface area contributed by atoms with Crippen LogP contribution in [0.25, 0.3) is 11.3 Å². The van der Waals surface area contributed by atoms with Gasteiger partial charge < -0.3 is 10.1 Å². The predicted octanol–water partition coefficient (Wildman–Crippen LogP) is 3.62. The monoisotopic (exact) mass is 397 g/mol. The number of fused-ring (bicyclic) bond motifs is 1. The van der Waals surface area contributed by atoms with Crippen molar-refractivity contribution in [1.82, 2.24) is 15.3 Å². The van der Waals surface area contributed by atoms with E-state index in [-0.39, 0.29) is 17.8 Å². The van der Waals surface area contributed by atoms with Crippen LogP contribution in [0.1, 0.15) is 22.5 Å². The largest absolute Gasteiger partial charge is 0.487 e. The third-order valence-corrected chi connectivity index (χ3v) is 5.45. The van der Waals surface area contributed by atoms with E-state index in [2.05, 4.69) is 15.3 Å². The number of nitrogens with one attached hydrogen (secondary N) is 1. The average Bonchev–Trinajstić information content (AvgIpc) is 3.33. The number of benzene rings is 1. The number of aromatic nitrogens is 2. The maximum absolute atomic E-state index is 14.4. The highest BCUT2D eigenvalue weighted by Crippen LogP contribution is 2.40. The molecule has 28 heavy (non-hydrogen) atoms. The highest BCUT2D eigenvalue weighted by molar-refractivity contribution is 7.08. The van der Waals surface area contributed by atoms with E-state index in [0.29, 0.717) is 36.4 Å². The lowest BCUT2D eigenvalue weighted by molar-refractivity contribution is -0.120. The zero-order valence-electron chi connectivity index (χ0n) is 15.7. The van der Waals surface area contributed by atoms with Crippen LogP contribution in [-0.2, 0) is 17.6 Å². The molecule has 0 fully saturated rings. The summed E-state index contributed by atoms with van der Waals surface area (Å²) in [6.07, 6.45) is 2.14. The van der Waals surface area contributed by atoms with Gasteiger partial charge in [-0.3, -0.25) is 9.78 Å². The molecule has 1 N–H and O–H groups in total. The molecule has 7 heteroatoms. The van der Waals surface area contributed by atoms with Gasteiger partial charge in [-0.1, -0.05) is 0 Å². The second-order valence-electron chi connectivity index (χ2n) is 6.90. The van der Waals surface area contributed by atoms with E-state index in [1.54, 1.807) is 23.6 Å². The van der Waals surface area contributed by atoms with Crippen LogP contribution in [-0.4, -0.2) is 28.5 Å². The Morgan fingerprint density at radius 2 is 2.21 bits per heavy atom. The molecule has 4 rings (SSSR count). The molecular weight excluding hydrogens is 377 g/mol. The van der Waals surface area contributed by atoms with Crippen molar-refractivity contribution in [2.75, 3.05) is 6.54 Å². The Morgan fingerprint density at radius 3 is 3.00 bits per heavy atom. The zero-order valence-corrected chi connectivity index (χ0v) is 16.5. The highest BCUT2D eigenvalue weighted by atomic mass is 32.1. The zero-order chi connectivity index (χ0) is 19.7. The van der Waals surface area contributed by atoms with Crippen molar-refractivity contribution in [2.45, 2.75) is 32.8 Å².